The first-order chi connectivity index (χ1) is 9.22. The molecule has 0 atom stereocenters. The van der Waals surface area contributed by atoms with Gasteiger partial charge in [-0.05, 0) is 42.5 Å². The van der Waals surface area contributed by atoms with Crippen molar-refractivity contribution in [3.8, 4) is 0 Å². The van der Waals surface area contributed by atoms with Gasteiger partial charge in [-0.1, -0.05) is 6.07 Å². The van der Waals surface area contributed by atoms with Gasteiger partial charge >= 0.3 is 0 Å². The third kappa shape index (κ3) is 2.42. The molecule has 0 saturated heterocycles. The van der Waals surface area contributed by atoms with Gasteiger partial charge in [-0.3, -0.25) is 4.79 Å². The third-order valence-corrected chi connectivity index (χ3v) is 3.42. The van der Waals surface area contributed by atoms with Gasteiger partial charge in [0, 0.05) is 17.8 Å². The van der Waals surface area contributed by atoms with Gasteiger partial charge in [-0.25, -0.2) is 0 Å². The Balaban J connectivity index is 1.77. The van der Waals surface area contributed by atoms with Crippen molar-refractivity contribution in [1.29, 1.82) is 0 Å². The van der Waals surface area contributed by atoms with E-state index in [2.05, 4.69) is 11.4 Å². The Morgan fingerprint density at radius 3 is 2.63 bits per heavy atom. The van der Waals surface area contributed by atoms with Gasteiger partial charge < -0.3 is 10.5 Å². The normalized spacial score (nSPS) is 13.1. The van der Waals surface area contributed by atoms with Gasteiger partial charge in [0.25, 0.3) is 5.91 Å². The number of nitrogens with zero attached hydrogens (tertiary/aromatic N) is 1. The van der Waals surface area contributed by atoms with Crippen LogP contribution < -0.4 is 10.0 Å². The van der Waals surface area contributed by atoms with Crippen LogP contribution in [0, 0.1) is 5.21 Å². The summed E-state index contributed by atoms with van der Waals surface area (Å²) in [5.74, 6) is -0.196. The summed E-state index contributed by atoms with van der Waals surface area (Å²) in [5, 5.41) is 13.8. The molecule has 0 spiro atoms. The van der Waals surface area contributed by atoms with E-state index in [0.29, 0.717) is 10.3 Å². The van der Waals surface area contributed by atoms with Gasteiger partial charge in [-0.15, -0.1) is 0 Å². The molecule has 0 fully saturated rings. The summed E-state index contributed by atoms with van der Waals surface area (Å²) in [7, 11) is 0. The second-order valence-corrected chi connectivity index (χ2v) is 4.74. The summed E-state index contributed by atoms with van der Waals surface area (Å²) in [6.45, 7) is 0. The van der Waals surface area contributed by atoms with Crippen LogP contribution in [0.4, 0.5) is 5.69 Å². The number of carbonyl (C=O) groups excluding carboxylic acids is 1. The highest BCUT2D eigenvalue weighted by atomic mass is 16.5. The zero-order valence-corrected chi connectivity index (χ0v) is 10.4. The molecule has 1 aliphatic rings. The van der Waals surface area contributed by atoms with Crippen molar-refractivity contribution in [2.24, 2.45) is 0 Å². The Kier molecular flexibility index (Phi) is 2.91. The predicted molar refractivity (Wildman–Crippen MR) is 71.8 cm³/mol. The van der Waals surface area contributed by atoms with Crippen LogP contribution in [-0.2, 0) is 12.8 Å². The quantitative estimate of drug-likeness (QED) is 0.658. The number of rotatable bonds is 2. The molecule has 0 unspecified atom stereocenters. The fourth-order valence-electron chi connectivity index (χ4n) is 2.42. The van der Waals surface area contributed by atoms with Crippen molar-refractivity contribution in [3.05, 3.63) is 64.6 Å². The number of aromatic nitrogens is 1. The van der Waals surface area contributed by atoms with Gasteiger partial charge in [-0.2, -0.15) is 4.73 Å². The van der Waals surface area contributed by atoms with Crippen molar-refractivity contribution >= 4 is 11.6 Å². The van der Waals surface area contributed by atoms with Gasteiger partial charge in [0.2, 0.25) is 0 Å². The maximum Gasteiger partial charge on any atom is 0.256 e. The molecule has 1 N–H and O–H groups in total. The molecule has 1 amide bonds. The monoisotopic (exact) mass is 254 g/mol. The molecule has 4 heteroatoms. The minimum atomic E-state index is -0.196. The molecule has 96 valence electrons. The Labute approximate surface area is 111 Å². The van der Waals surface area contributed by atoms with Gasteiger partial charge in [0.05, 0.1) is 5.56 Å². The number of pyridine rings is 1. The average Bonchev–Trinajstić information content (AvgIpc) is 2.87. The van der Waals surface area contributed by atoms with E-state index in [0.717, 1.165) is 18.5 Å². The van der Waals surface area contributed by atoms with Crippen molar-refractivity contribution in [2.75, 3.05) is 5.32 Å². The molecule has 0 bridgehead atoms. The number of anilines is 1. The first kappa shape index (κ1) is 11.7. The fraction of sp³-hybridized carbons (Fsp3) is 0.200. The molecule has 0 saturated carbocycles. The van der Waals surface area contributed by atoms with Gasteiger partial charge in [0.1, 0.15) is 0 Å². The lowest BCUT2D eigenvalue weighted by Gasteiger charge is -2.07. The van der Waals surface area contributed by atoms with E-state index < -0.39 is 0 Å². The number of hydrogen-bond donors (Lipinski definition) is 1. The number of nitrogens with one attached hydrogen (secondary N) is 1. The Morgan fingerprint density at radius 1 is 1.11 bits per heavy atom. The molecular weight excluding hydrogens is 240 g/mol. The second-order valence-electron chi connectivity index (χ2n) is 4.74. The maximum atomic E-state index is 12.0. The maximum absolute atomic E-state index is 12.0. The number of aryl methyl sites for hydroxylation is 2. The highest BCUT2D eigenvalue weighted by molar-refractivity contribution is 6.04. The van der Waals surface area contributed by atoms with E-state index in [9.17, 15) is 10.0 Å². The topological polar surface area (TPSA) is 56.0 Å². The van der Waals surface area contributed by atoms with Crippen molar-refractivity contribution < 1.29 is 9.52 Å². The molecule has 0 aliphatic heterocycles. The molecule has 1 aliphatic carbocycles. The van der Waals surface area contributed by atoms with Crippen molar-refractivity contribution in [2.45, 2.75) is 19.3 Å². The van der Waals surface area contributed by atoms with E-state index in [1.54, 1.807) is 0 Å². The van der Waals surface area contributed by atoms with Crippen LogP contribution in [0.1, 0.15) is 27.9 Å². The lowest BCUT2D eigenvalue weighted by Crippen LogP contribution is -2.25. The van der Waals surface area contributed by atoms with Crippen LogP contribution in [0.2, 0.25) is 0 Å². The Bertz CT molecular complexity index is 621. The van der Waals surface area contributed by atoms with Gasteiger partial charge in [0.15, 0.2) is 12.4 Å². The minimum Gasteiger partial charge on any atom is -0.619 e. The summed E-state index contributed by atoms with van der Waals surface area (Å²) in [4.78, 5) is 12.0. The minimum absolute atomic E-state index is 0.196. The molecule has 19 heavy (non-hydrogen) atoms. The largest absolute Gasteiger partial charge is 0.619 e. The first-order valence-corrected chi connectivity index (χ1v) is 6.34. The smallest absolute Gasteiger partial charge is 0.256 e. The second kappa shape index (κ2) is 4.72. The van der Waals surface area contributed by atoms with E-state index in [-0.39, 0.29) is 5.91 Å². The van der Waals surface area contributed by atoms with E-state index in [1.165, 1.54) is 42.1 Å². The van der Waals surface area contributed by atoms with Crippen LogP contribution in [0.15, 0.2) is 42.7 Å². The van der Waals surface area contributed by atoms with Crippen molar-refractivity contribution in [1.82, 2.24) is 0 Å². The van der Waals surface area contributed by atoms with E-state index in [4.69, 9.17) is 0 Å². The Morgan fingerprint density at radius 2 is 1.84 bits per heavy atom. The van der Waals surface area contributed by atoms with E-state index in [1.807, 2.05) is 12.1 Å². The van der Waals surface area contributed by atoms with E-state index >= 15 is 0 Å². The zero-order valence-electron chi connectivity index (χ0n) is 10.4. The summed E-state index contributed by atoms with van der Waals surface area (Å²) in [6, 6.07) is 9.07. The fourth-order valence-corrected chi connectivity index (χ4v) is 2.42. The first-order valence-electron chi connectivity index (χ1n) is 6.34. The zero-order chi connectivity index (χ0) is 13.2. The summed E-state index contributed by atoms with van der Waals surface area (Å²) in [6.07, 6.45) is 6.04. The van der Waals surface area contributed by atoms with Crippen LogP contribution in [0.5, 0.6) is 0 Å². The van der Waals surface area contributed by atoms with Crippen molar-refractivity contribution in [3.63, 3.8) is 0 Å². The summed E-state index contributed by atoms with van der Waals surface area (Å²) < 4.78 is 0.659. The number of amides is 1. The molecule has 1 aromatic carbocycles. The highest BCUT2D eigenvalue weighted by Crippen LogP contribution is 2.25. The van der Waals surface area contributed by atoms with Crippen LogP contribution >= 0.6 is 0 Å². The van der Waals surface area contributed by atoms with Crippen LogP contribution in [-0.4, -0.2) is 5.91 Å². The standard InChI is InChI=1S/C15H14N2O2/c18-15(12-6-8-17(19)9-7-12)16-14-5-4-11-2-1-3-13(11)10-14/h4-10H,1-3H2,(H,16,18). The number of hydrogen-bond acceptors (Lipinski definition) is 2. The molecule has 0 radical (unpaired) electrons. The van der Waals surface area contributed by atoms with Crippen LogP contribution in [0.25, 0.3) is 0 Å². The lowest BCUT2D eigenvalue weighted by atomic mass is 10.1. The number of carbonyl (C=O) groups is 1. The molecule has 1 aromatic heterocycles. The number of fused-ring (bicyclic) bond motifs is 1. The molecular formula is C15H14N2O2. The average molecular weight is 254 g/mol. The molecule has 4 nitrogen and oxygen atoms in total. The van der Waals surface area contributed by atoms with Crippen LogP contribution in [0.3, 0.4) is 0 Å². The highest BCUT2D eigenvalue weighted by Gasteiger charge is 2.12. The lowest BCUT2D eigenvalue weighted by molar-refractivity contribution is -0.605. The molecule has 3 rings (SSSR count). The third-order valence-electron chi connectivity index (χ3n) is 3.42. The predicted octanol–water partition coefficient (Wildman–Crippen LogP) is 2.06. The summed E-state index contributed by atoms with van der Waals surface area (Å²) >= 11 is 0. The SMILES string of the molecule is O=C(Nc1ccc2c(c1)CCC2)c1cc[n+]([O-])cc1. The molecule has 1 heterocycles. The number of benzene rings is 1. The Hall–Kier alpha value is -2.36. The summed E-state index contributed by atoms with van der Waals surface area (Å²) in [5.41, 5.74) is 3.99. The molecule has 2 aromatic rings.